The van der Waals surface area contributed by atoms with Crippen LogP contribution in [0, 0.1) is 34.0 Å². The van der Waals surface area contributed by atoms with Gasteiger partial charge in [-0.05, 0) is 92.4 Å². The molecule has 2 bridgehead atoms. The van der Waals surface area contributed by atoms with Crippen LogP contribution in [-0.2, 0) is 36.9 Å². The number of hydrogen-bond acceptors (Lipinski definition) is 10. The standard InChI is InChI=1S/C35H50BNO10/c1-9-33(7)15-26(34(8)19(2)10-11-35(20(3)30(33)41)14-25(38)28(40)29(34)35)46-27(39)18-44-22-12-21(16-37-31(42)47-32(4,5)6)23-17-45-36(43)24(23)13-22/h9,12-13,19-20,25-26,29-30,38,41,43H,1,10-11,14-18H2,2-8H3,(H,37,42)/t19-,20+,25+,26-,29+,30+,33-,34+,35+/m1/s1. The molecule has 0 unspecified atom stereocenters. The van der Waals surface area contributed by atoms with E-state index < -0.39 is 71.9 Å². The van der Waals surface area contributed by atoms with Gasteiger partial charge in [0.15, 0.2) is 12.4 Å². The topological polar surface area (TPSA) is 161 Å². The van der Waals surface area contributed by atoms with Crippen LogP contribution in [0.25, 0.3) is 0 Å². The molecule has 1 amide bonds. The number of esters is 1. The first-order valence-corrected chi connectivity index (χ1v) is 16.6. The summed E-state index contributed by atoms with van der Waals surface area (Å²) in [5.74, 6) is -1.53. The molecule has 1 aromatic rings. The van der Waals surface area contributed by atoms with Crippen molar-refractivity contribution in [2.75, 3.05) is 6.61 Å². The van der Waals surface area contributed by atoms with E-state index in [0.29, 0.717) is 23.0 Å². The second-order valence-electron chi connectivity index (χ2n) is 15.7. The Morgan fingerprint density at radius 1 is 1.19 bits per heavy atom. The van der Waals surface area contributed by atoms with Gasteiger partial charge in [0.2, 0.25) is 0 Å². The molecule has 4 aliphatic rings. The van der Waals surface area contributed by atoms with E-state index >= 15 is 0 Å². The number of nitrogens with one attached hydrogen (secondary N) is 1. The van der Waals surface area contributed by atoms with Crippen molar-refractivity contribution in [3.63, 3.8) is 0 Å². The van der Waals surface area contributed by atoms with Gasteiger partial charge in [-0.2, -0.15) is 0 Å². The minimum absolute atomic E-state index is 0.0108. The van der Waals surface area contributed by atoms with Crippen LogP contribution in [0.5, 0.6) is 5.75 Å². The van der Waals surface area contributed by atoms with Gasteiger partial charge < -0.3 is 39.4 Å². The third-order valence-electron chi connectivity index (χ3n) is 11.8. The summed E-state index contributed by atoms with van der Waals surface area (Å²) < 4.78 is 22.9. The normalized spacial score (nSPS) is 36.5. The summed E-state index contributed by atoms with van der Waals surface area (Å²) in [6.07, 6.45) is 0.291. The van der Waals surface area contributed by atoms with Gasteiger partial charge in [-0.3, -0.25) is 4.79 Å². The lowest BCUT2D eigenvalue weighted by Crippen LogP contribution is -2.63. The summed E-state index contributed by atoms with van der Waals surface area (Å²) in [6, 6.07) is 3.27. The highest BCUT2D eigenvalue weighted by Gasteiger charge is 2.70. The van der Waals surface area contributed by atoms with E-state index in [9.17, 15) is 29.6 Å². The molecule has 0 aromatic heterocycles. The van der Waals surface area contributed by atoms with E-state index in [1.54, 1.807) is 39.0 Å². The Balaban J connectivity index is 1.39. The third-order valence-corrected chi connectivity index (χ3v) is 11.8. The Kier molecular flexibility index (Phi) is 9.42. The average molecular weight is 656 g/mol. The molecule has 11 nitrogen and oxygen atoms in total. The van der Waals surface area contributed by atoms with E-state index in [1.807, 2.05) is 20.8 Å². The zero-order valence-corrected chi connectivity index (χ0v) is 28.6. The van der Waals surface area contributed by atoms with Crippen LogP contribution in [0.4, 0.5) is 4.79 Å². The molecular weight excluding hydrogens is 605 g/mol. The molecule has 12 heteroatoms. The summed E-state index contributed by atoms with van der Waals surface area (Å²) in [5, 5.41) is 35.8. The largest absolute Gasteiger partial charge is 0.491 e. The van der Waals surface area contributed by atoms with Crippen molar-refractivity contribution in [2.24, 2.45) is 34.0 Å². The average Bonchev–Trinajstić information content (AvgIpc) is 3.51. The molecule has 5 rings (SSSR count). The molecular formula is C35H50BNO10. The van der Waals surface area contributed by atoms with Crippen molar-refractivity contribution in [3.05, 3.63) is 35.9 Å². The maximum absolute atomic E-state index is 13.7. The number of carbonyl (C=O) groups excluding carboxylic acids is 3. The number of fused-ring (bicyclic) bond motifs is 1. The molecule has 9 atom stereocenters. The summed E-state index contributed by atoms with van der Waals surface area (Å²) in [6.45, 7) is 17.0. The van der Waals surface area contributed by atoms with E-state index in [2.05, 4.69) is 18.8 Å². The lowest BCUT2D eigenvalue weighted by Gasteiger charge is -2.61. The molecule has 1 aromatic carbocycles. The van der Waals surface area contributed by atoms with Crippen LogP contribution in [0.1, 0.15) is 85.3 Å². The third kappa shape index (κ3) is 6.22. The SMILES string of the molecule is C=C[C@]1(C)C[C@@H](OC(=O)COc2cc(CNC(=O)OC(C)(C)C)c3c(c2)B(O)OC3)[C@]2(C)[C@H](C)CC[C@]3(C[C@H](O)C(=O)[C@H]32)[C@@H](C)[C@@H]1O. The van der Waals surface area contributed by atoms with Gasteiger partial charge in [-0.1, -0.05) is 33.8 Å². The number of carbonyl (C=O) groups is 3. The predicted octanol–water partition coefficient (Wildman–Crippen LogP) is 3.19. The van der Waals surface area contributed by atoms with Crippen molar-refractivity contribution in [1.29, 1.82) is 0 Å². The Bertz CT molecular complexity index is 1430. The molecule has 0 saturated heterocycles. The Labute approximate surface area is 277 Å². The van der Waals surface area contributed by atoms with E-state index in [1.165, 1.54) is 0 Å². The molecule has 1 heterocycles. The highest BCUT2D eigenvalue weighted by atomic mass is 16.6. The number of rotatable bonds is 7. The highest BCUT2D eigenvalue weighted by Crippen LogP contribution is 2.68. The van der Waals surface area contributed by atoms with Crippen LogP contribution in [0.3, 0.4) is 0 Å². The number of Topliss-reactive ketones (excluding diaryl/α,β-unsaturated/α-hetero) is 1. The summed E-state index contributed by atoms with van der Waals surface area (Å²) in [7, 11) is -1.19. The number of benzene rings is 1. The van der Waals surface area contributed by atoms with Gasteiger partial charge in [0.05, 0.1) is 12.7 Å². The van der Waals surface area contributed by atoms with Crippen LogP contribution >= 0.6 is 0 Å². The first-order valence-electron chi connectivity index (χ1n) is 16.6. The fourth-order valence-electron chi connectivity index (χ4n) is 8.92. The molecule has 3 aliphatic carbocycles. The monoisotopic (exact) mass is 655 g/mol. The van der Waals surface area contributed by atoms with Crippen molar-refractivity contribution >= 4 is 30.4 Å². The number of amides is 1. The molecule has 4 N–H and O–H groups in total. The van der Waals surface area contributed by atoms with Crippen LogP contribution < -0.4 is 15.5 Å². The summed E-state index contributed by atoms with van der Waals surface area (Å²) in [5.41, 5.74) is -1.14. The Morgan fingerprint density at radius 2 is 1.89 bits per heavy atom. The van der Waals surface area contributed by atoms with E-state index in [0.717, 1.165) is 6.42 Å². The quantitative estimate of drug-likeness (QED) is 0.195. The first-order chi connectivity index (χ1) is 21.9. The lowest BCUT2D eigenvalue weighted by molar-refractivity contribution is -0.207. The van der Waals surface area contributed by atoms with Gasteiger partial charge in [-0.15, -0.1) is 6.58 Å². The van der Waals surface area contributed by atoms with Crippen molar-refractivity contribution in [2.45, 2.75) is 111 Å². The summed E-state index contributed by atoms with van der Waals surface area (Å²) in [4.78, 5) is 39.6. The zero-order chi connectivity index (χ0) is 34.7. The second-order valence-corrected chi connectivity index (χ2v) is 15.7. The molecule has 258 valence electrons. The van der Waals surface area contributed by atoms with Crippen molar-refractivity contribution in [1.82, 2.24) is 5.32 Å². The van der Waals surface area contributed by atoms with Crippen molar-refractivity contribution in [3.8, 4) is 5.75 Å². The number of aliphatic hydroxyl groups excluding tert-OH is 2. The molecule has 0 radical (unpaired) electrons. The molecule has 3 fully saturated rings. The maximum Gasteiger partial charge on any atom is 0.491 e. The van der Waals surface area contributed by atoms with E-state index in [-0.39, 0.29) is 49.4 Å². The van der Waals surface area contributed by atoms with Gasteiger partial charge in [0, 0.05) is 23.3 Å². The predicted molar refractivity (Wildman–Crippen MR) is 173 cm³/mol. The molecule has 47 heavy (non-hydrogen) atoms. The van der Waals surface area contributed by atoms with Gasteiger partial charge in [-0.25, -0.2) is 9.59 Å². The van der Waals surface area contributed by atoms with Gasteiger partial charge in [0.25, 0.3) is 0 Å². The number of alkyl carbamates (subject to hydrolysis) is 1. The fraction of sp³-hybridized carbons (Fsp3) is 0.686. The smallest absolute Gasteiger partial charge is 0.482 e. The van der Waals surface area contributed by atoms with Crippen molar-refractivity contribution < 1.29 is 48.5 Å². The number of hydrogen-bond donors (Lipinski definition) is 4. The lowest BCUT2D eigenvalue weighted by atomic mass is 9.44. The number of aliphatic hydroxyl groups is 2. The number of ketones is 1. The molecule has 0 spiro atoms. The Morgan fingerprint density at radius 3 is 2.55 bits per heavy atom. The van der Waals surface area contributed by atoms with E-state index in [4.69, 9.17) is 18.9 Å². The van der Waals surface area contributed by atoms with Crippen LogP contribution in [0.2, 0.25) is 0 Å². The Hall–Kier alpha value is -2.93. The zero-order valence-electron chi connectivity index (χ0n) is 28.6. The maximum atomic E-state index is 13.7. The first kappa shape index (κ1) is 35.4. The second kappa shape index (κ2) is 12.5. The van der Waals surface area contributed by atoms with Crippen LogP contribution in [-0.4, -0.2) is 70.7 Å². The van der Waals surface area contributed by atoms with Gasteiger partial charge in [0.1, 0.15) is 23.6 Å². The highest BCUT2D eigenvalue weighted by molar-refractivity contribution is 6.61. The fourth-order valence-corrected chi connectivity index (χ4v) is 8.92. The van der Waals surface area contributed by atoms with Gasteiger partial charge >= 0.3 is 19.2 Å². The minimum Gasteiger partial charge on any atom is -0.482 e. The summed E-state index contributed by atoms with van der Waals surface area (Å²) >= 11 is 0. The minimum atomic E-state index is -1.19. The molecule has 1 aliphatic heterocycles. The molecule has 3 saturated carbocycles. The van der Waals surface area contributed by atoms with Crippen LogP contribution in [0.15, 0.2) is 24.8 Å². The number of ether oxygens (including phenoxy) is 3.